The zero-order valence-corrected chi connectivity index (χ0v) is 10.9. The summed E-state index contributed by atoms with van der Waals surface area (Å²) in [5.74, 6) is 0. The third-order valence-corrected chi connectivity index (χ3v) is 2.96. The molecule has 1 aromatic carbocycles. The van der Waals surface area contributed by atoms with Crippen molar-refractivity contribution in [1.82, 2.24) is 4.90 Å². The topological polar surface area (TPSA) is 29.3 Å². The molecule has 2 N–H and O–H groups in total. The standard InChI is InChI=1S/C15H24N2/c1-3-10-17(11-4-2)12-9-14-7-5-6-8-15(14)13-16/h3,5-8H,1,4,9-13,16H2,2H3. The quantitative estimate of drug-likeness (QED) is 0.698. The van der Waals surface area contributed by atoms with E-state index in [0.29, 0.717) is 6.54 Å². The second kappa shape index (κ2) is 8.04. The first-order valence-electron chi connectivity index (χ1n) is 6.41. The molecule has 1 aromatic rings. The maximum atomic E-state index is 5.74. The molecular formula is C15H24N2. The Labute approximate surface area is 105 Å². The molecule has 0 aliphatic heterocycles. The summed E-state index contributed by atoms with van der Waals surface area (Å²) < 4.78 is 0. The van der Waals surface area contributed by atoms with Crippen LogP contribution in [0.3, 0.4) is 0 Å². The fourth-order valence-electron chi connectivity index (χ4n) is 2.07. The summed E-state index contributed by atoms with van der Waals surface area (Å²) in [5.41, 5.74) is 8.39. The highest BCUT2D eigenvalue weighted by Crippen LogP contribution is 2.09. The maximum Gasteiger partial charge on any atom is 0.0180 e. The van der Waals surface area contributed by atoms with Crippen LogP contribution in [0.2, 0.25) is 0 Å². The van der Waals surface area contributed by atoms with Crippen LogP contribution in [-0.4, -0.2) is 24.5 Å². The van der Waals surface area contributed by atoms with Crippen LogP contribution < -0.4 is 5.73 Å². The molecule has 2 heteroatoms. The monoisotopic (exact) mass is 232 g/mol. The Kier molecular flexibility index (Phi) is 6.60. The van der Waals surface area contributed by atoms with Gasteiger partial charge in [-0.25, -0.2) is 0 Å². The Morgan fingerprint density at radius 3 is 2.53 bits per heavy atom. The van der Waals surface area contributed by atoms with Crippen LogP contribution in [0.1, 0.15) is 24.5 Å². The molecule has 0 aromatic heterocycles. The Morgan fingerprint density at radius 2 is 1.94 bits per heavy atom. The van der Waals surface area contributed by atoms with Gasteiger partial charge in [-0.2, -0.15) is 0 Å². The molecule has 2 nitrogen and oxygen atoms in total. The van der Waals surface area contributed by atoms with Crippen LogP contribution in [0.15, 0.2) is 36.9 Å². The highest BCUT2D eigenvalue weighted by atomic mass is 15.1. The van der Waals surface area contributed by atoms with Crippen molar-refractivity contribution in [1.29, 1.82) is 0 Å². The minimum absolute atomic E-state index is 0.630. The average molecular weight is 232 g/mol. The van der Waals surface area contributed by atoms with Gasteiger partial charge in [0.1, 0.15) is 0 Å². The molecule has 0 aliphatic carbocycles. The van der Waals surface area contributed by atoms with Crippen molar-refractivity contribution in [3.63, 3.8) is 0 Å². The molecule has 0 atom stereocenters. The predicted octanol–water partition coefficient (Wildman–Crippen LogP) is 2.59. The summed E-state index contributed by atoms with van der Waals surface area (Å²) in [5, 5.41) is 0. The molecule has 0 aliphatic rings. The summed E-state index contributed by atoms with van der Waals surface area (Å²) >= 11 is 0. The van der Waals surface area contributed by atoms with E-state index in [1.165, 1.54) is 17.5 Å². The van der Waals surface area contributed by atoms with Crippen LogP contribution in [0.4, 0.5) is 0 Å². The minimum atomic E-state index is 0.630. The van der Waals surface area contributed by atoms with Gasteiger partial charge in [0, 0.05) is 19.6 Å². The first-order valence-corrected chi connectivity index (χ1v) is 6.41. The van der Waals surface area contributed by atoms with E-state index in [1.54, 1.807) is 0 Å². The van der Waals surface area contributed by atoms with E-state index < -0.39 is 0 Å². The fraction of sp³-hybridized carbons (Fsp3) is 0.467. The number of benzene rings is 1. The Bertz CT molecular complexity index is 333. The summed E-state index contributed by atoms with van der Waals surface area (Å²) in [6, 6.07) is 8.44. The molecule has 17 heavy (non-hydrogen) atoms. The second-order valence-corrected chi connectivity index (χ2v) is 4.31. The first kappa shape index (κ1) is 13.9. The number of nitrogens with two attached hydrogens (primary N) is 1. The Balaban J connectivity index is 2.54. The molecule has 0 fully saturated rings. The largest absolute Gasteiger partial charge is 0.326 e. The van der Waals surface area contributed by atoms with Gasteiger partial charge in [-0.3, -0.25) is 4.90 Å². The van der Waals surface area contributed by atoms with E-state index in [4.69, 9.17) is 5.73 Å². The van der Waals surface area contributed by atoms with Gasteiger partial charge in [0.05, 0.1) is 0 Å². The van der Waals surface area contributed by atoms with Crippen molar-refractivity contribution in [2.45, 2.75) is 26.3 Å². The van der Waals surface area contributed by atoms with Gasteiger partial charge in [0.25, 0.3) is 0 Å². The highest BCUT2D eigenvalue weighted by molar-refractivity contribution is 5.27. The number of nitrogens with zero attached hydrogens (tertiary/aromatic N) is 1. The van der Waals surface area contributed by atoms with E-state index in [0.717, 1.165) is 26.1 Å². The Hall–Kier alpha value is -1.12. The molecule has 0 saturated carbocycles. The SMILES string of the molecule is C=CCN(CCC)CCc1ccccc1CN. The summed E-state index contributed by atoms with van der Waals surface area (Å²) in [6.07, 6.45) is 4.23. The van der Waals surface area contributed by atoms with Crippen molar-refractivity contribution in [2.75, 3.05) is 19.6 Å². The van der Waals surface area contributed by atoms with Crippen molar-refractivity contribution >= 4 is 0 Å². The average Bonchev–Trinajstić information content (AvgIpc) is 2.37. The van der Waals surface area contributed by atoms with Crippen LogP contribution >= 0.6 is 0 Å². The third-order valence-electron chi connectivity index (χ3n) is 2.96. The molecule has 0 heterocycles. The molecule has 0 radical (unpaired) electrons. The lowest BCUT2D eigenvalue weighted by Crippen LogP contribution is -2.27. The Morgan fingerprint density at radius 1 is 1.24 bits per heavy atom. The predicted molar refractivity (Wildman–Crippen MR) is 75.0 cm³/mol. The summed E-state index contributed by atoms with van der Waals surface area (Å²) in [4.78, 5) is 2.43. The lowest BCUT2D eigenvalue weighted by Gasteiger charge is -2.20. The smallest absolute Gasteiger partial charge is 0.0180 e. The normalized spacial score (nSPS) is 10.8. The molecule has 0 unspecified atom stereocenters. The van der Waals surface area contributed by atoms with Crippen LogP contribution in [0.5, 0.6) is 0 Å². The van der Waals surface area contributed by atoms with Crippen molar-refractivity contribution in [3.05, 3.63) is 48.0 Å². The van der Waals surface area contributed by atoms with Gasteiger partial charge in [0.15, 0.2) is 0 Å². The van der Waals surface area contributed by atoms with Crippen LogP contribution in [0, 0.1) is 0 Å². The van der Waals surface area contributed by atoms with Gasteiger partial charge >= 0.3 is 0 Å². The summed E-state index contributed by atoms with van der Waals surface area (Å²) in [6.45, 7) is 9.84. The van der Waals surface area contributed by atoms with E-state index in [1.807, 2.05) is 6.08 Å². The van der Waals surface area contributed by atoms with Gasteiger partial charge in [-0.1, -0.05) is 37.3 Å². The highest BCUT2D eigenvalue weighted by Gasteiger charge is 2.04. The lowest BCUT2D eigenvalue weighted by atomic mass is 10.0. The molecule has 0 saturated heterocycles. The van der Waals surface area contributed by atoms with Crippen molar-refractivity contribution in [3.8, 4) is 0 Å². The van der Waals surface area contributed by atoms with Crippen molar-refractivity contribution in [2.24, 2.45) is 5.73 Å². The molecule has 1 rings (SSSR count). The fourth-order valence-corrected chi connectivity index (χ4v) is 2.07. The number of hydrogen-bond acceptors (Lipinski definition) is 2. The van der Waals surface area contributed by atoms with Gasteiger partial charge in [-0.05, 0) is 30.5 Å². The molecule has 0 spiro atoms. The first-order chi connectivity index (χ1) is 8.31. The van der Waals surface area contributed by atoms with Gasteiger partial charge < -0.3 is 5.73 Å². The van der Waals surface area contributed by atoms with Gasteiger partial charge in [-0.15, -0.1) is 6.58 Å². The van der Waals surface area contributed by atoms with Crippen LogP contribution in [0.25, 0.3) is 0 Å². The van der Waals surface area contributed by atoms with E-state index in [2.05, 4.69) is 42.7 Å². The number of hydrogen-bond donors (Lipinski definition) is 1. The minimum Gasteiger partial charge on any atom is -0.326 e. The second-order valence-electron chi connectivity index (χ2n) is 4.31. The van der Waals surface area contributed by atoms with Crippen molar-refractivity contribution < 1.29 is 0 Å². The number of rotatable bonds is 8. The lowest BCUT2D eigenvalue weighted by molar-refractivity contribution is 0.307. The molecule has 0 bridgehead atoms. The zero-order valence-electron chi connectivity index (χ0n) is 10.9. The maximum absolute atomic E-state index is 5.74. The summed E-state index contributed by atoms with van der Waals surface area (Å²) in [7, 11) is 0. The molecular weight excluding hydrogens is 208 g/mol. The van der Waals surface area contributed by atoms with E-state index in [9.17, 15) is 0 Å². The van der Waals surface area contributed by atoms with E-state index >= 15 is 0 Å². The van der Waals surface area contributed by atoms with Crippen LogP contribution in [-0.2, 0) is 13.0 Å². The zero-order chi connectivity index (χ0) is 12.5. The van der Waals surface area contributed by atoms with Gasteiger partial charge in [0.2, 0.25) is 0 Å². The van der Waals surface area contributed by atoms with E-state index in [-0.39, 0.29) is 0 Å². The molecule has 94 valence electrons. The molecule has 0 amide bonds. The third kappa shape index (κ3) is 4.72.